The molecule has 7 heteroatoms. The fourth-order valence-electron chi connectivity index (χ4n) is 3.85. The van der Waals surface area contributed by atoms with Gasteiger partial charge in [0.15, 0.2) is 5.96 Å². The van der Waals surface area contributed by atoms with Crippen molar-refractivity contribution in [2.75, 3.05) is 26.7 Å². The molecule has 4 rings (SSSR count). The van der Waals surface area contributed by atoms with E-state index in [0.29, 0.717) is 12.6 Å². The van der Waals surface area contributed by atoms with Crippen molar-refractivity contribution in [3.63, 3.8) is 0 Å². The Hall–Kier alpha value is -2.64. The number of rotatable bonds is 7. The van der Waals surface area contributed by atoms with Gasteiger partial charge in [0.2, 0.25) is 0 Å². The Balaban J connectivity index is 1.39. The first kappa shape index (κ1) is 19.7. The van der Waals surface area contributed by atoms with Gasteiger partial charge < -0.3 is 15.2 Å². The van der Waals surface area contributed by atoms with Gasteiger partial charge in [0.1, 0.15) is 0 Å². The zero-order valence-corrected chi connectivity index (χ0v) is 17.6. The van der Waals surface area contributed by atoms with Crippen molar-refractivity contribution in [3.8, 4) is 5.69 Å². The van der Waals surface area contributed by atoms with Crippen LogP contribution in [0.2, 0.25) is 0 Å². The number of nitrogens with zero attached hydrogens (tertiary/aromatic N) is 4. The van der Waals surface area contributed by atoms with Crippen LogP contribution < -0.4 is 10.6 Å². The molecule has 29 heavy (non-hydrogen) atoms. The van der Waals surface area contributed by atoms with Crippen LogP contribution in [0.15, 0.2) is 65.5 Å². The average molecular weight is 409 g/mol. The summed E-state index contributed by atoms with van der Waals surface area (Å²) >= 11 is 1.84. The third-order valence-corrected chi connectivity index (χ3v) is 6.33. The van der Waals surface area contributed by atoms with E-state index in [0.717, 1.165) is 18.2 Å². The molecule has 152 valence electrons. The van der Waals surface area contributed by atoms with Gasteiger partial charge in [-0.15, -0.1) is 11.3 Å². The minimum Gasteiger partial charge on any atom is -0.354 e. The smallest absolute Gasteiger partial charge is 0.191 e. The molecule has 1 fully saturated rings. The van der Waals surface area contributed by atoms with Crippen molar-refractivity contribution in [2.24, 2.45) is 4.99 Å². The van der Waals surface area contributed by atoms with Crippen LogP contribution in [0.3, 0.4) is 0 Å². The molecule has 3 aromatic rings. The van der Waals surface area contributed by atoms with Gasteiger partial charge in [-0.05, 0) is 49.0 Å². The van der Waals surface area contributed by atoms with E-state index in [1.807, 2.05) is 41.5 Å². The molecule has 1 aromatic carbocycles. The Morgan fingerprint density at radius 1 is 1.17 bits per heavy atom. The SMILES string of the molecule is CN=C(NCc1ccccc1-n1ccnc1)NCC(c1cccs1)N1CCCC1. The summed E-state index contributed by atoms with van der Waals surface area (Å²) < 4.78 is 2.04. The minimum absolute atomic E-state index is 0.397. The third-order valence-electron chi connectivity index (χ3n) is 5.36. The Morgan fingerprint density at radius 3 is 2.76 bits per heavy atom. The number of nitrogens with one attached hydrogen (secondary N) is 2. The molecule has 2 aromatic heterocycles. The summed E-state index contributed by atoms with van der Waals surface area (Å²) in [5, 5.41) is 9.18. The van der Waals surface area contributed by atoms with Gasteiger partial charge in [0, 0.05) is 37.4 Å². The summed E-state index contributed by atoms with van der Waals surface area (Å²) in [7, 11) is 1.83. The highest BCUT2D eigenvalue weighted by Crippen LogP contribution is 2.27. The second kappa shape index (κ2) is 9.71. The van der Waals surface area contributed by atoms with Crippen LogP contribution in [0, 0.1) is 0 Å². The van der Waals surface area contributed by atoms with Crippen molar-refractivity contribution >= 4 is 17.3 Å². The predicted molar refractivity (Wildman–Crippen MR) is 120 cm³/mol. The van der Waals surface area contributed by atoms with Crippen LogP contribution in [0.5, 0.6) is 0 Å². The maximum Gasteiger partial charge on any atom is 0.191 e. The third kappa shape index (κ3) is 4.86. The molecule has 1 aliphatic rings. The van der Waals surface area contributed by atoms with Crippen molar-refractivity contribution in [3.05, 3.63) is 70.9 Å². The molecule has 1 aliphatic heterocycles. The van der Waals surface area contributed by atoms with Gasteiger partial charge in [-0.1, -0.05) is 24.3 Å². The van der Waals surface area contributed by atoms with E-state index in [9.17, 15) is 0 Å². The first-order valence-electron chi connectivity index (χ1n) is 10.1. The molecule has 0 spiro atoms. The second-order valence-corrected chi connectivity index (χ2v) is 8.16. The monoisotopic (exact) mass is 408 g/mol. The minimum atomic E-state index is 0.397. The summed E-state index contributed by atoms with van der Waals surface area (Å²) in [4.78, 5) is 12.6. The molecule has 0 bridgehead atoms. The molecule has 1 atom stereocenters. The van der Waals surface area contributed by atoms with E-state index in [1.54, 1.807) is 6.20 Å². The summed E-state index contributed by atoms with van der Waals surface area (Å²) in [6.07, 6.45) is 8.18. The fraction of sp³-hybridized carbons (Fsp3) is 0.364. The average Bonchev–Trinajstić information content (AvgIpc) is 3.54. The maximum atomic E-state index is 4.44. The van der Waals surface area contributed by atoms with Gasteiger partial charge in [0.25, 0.3) is 0 Å². The highest BCUT2D eigenvalue weighted by atomic mass is 32.1. The van der Waals surface area contributed by atoms with E-state index < -0.39 is 0 Å². The number of para-hydroxylation sites is 1. The quantitative estimate of drug-likeness (QED) is 0.465. The highest BCUT2D eigenvalue weighted by molar-refractivity contribution is 7.10. The van der Waals surface area contributed by atoms with Gasteiger partial charge in [0.05, 0.1) is 18.1 Å². The normalized spacial score (nSPS) is 16.1. The van der Waals surface area contributed by atoms with Gasteiger partial charge in [-0.25, -0.2) is 4.98 Å². The van der Waals surface area contributed by atoms with E-state index in [4.69, 9.17) is 0 Å². The molecule has 1 unspecified atom stereocenters. The van der Waals surface area contributed by atoms with Crippen LogP contribution >= 0.6 is 11.3 Å². The standard InChI is InChI=1S/C22H28N6S/c1-23-22(25-15-18-7-2-3-8-19(18)28-13-10-24-17-28)26-16-20(21-9-6-14-29-21)27-11-4-5-12-27/h2-3,6-10,13-14,17,20H,4-5,11-12,15-16H2,1H3,(H2,23,25,26). The van der Waals surface area contributed by atoms with Crippen molar-refractivity contribution in [2.45, 2.75) is 25.4 Å². The highest BCUT2D eigenvalue weighted by Gasteiger charge is 2.24. The summed E-state index contributed by atoms with van der Waals surface area (Å²) in [6.45, 7) is 3.90. The van der Waals surface area contributed by atoms with Crippen LogP contribution in [0.1, 0.15) is 29.3 Å². The van der Waals surface area contributed by atoms with Gasteiger partial charge in [-0.3, -0.25) is 9.89 Å². The number of aliphatic imine (C=N–C) groups is 1. The Labute approximate surface area is 176 Å². The number of aromatic nitrogens is 2. The van der Waals surface area contributed by atoms with Crippen LogP contribution in [-0.4, -0.2) is 47.1 Å². The number of guanidine groups is 1. The molecular weight excluding hydrogens is 380 g/mol. The molecule has 0 saturated carbocycles. The Kier molecular flexibility index (Phi) is 6.59. The lowest BCUT2D eigenvalue weighted by Gasteiger charge is -2.27. The molecule has 0 radical (unpaired) electrons. The summed E-state index contributed by atoms with van der Waals surface area (Å²) in [5.41, 5.74) is 2.32. The van der Waals surface area contributed by atoms with Crippen molar-refractivity contribution < 1.29 is 0 Å². The molecule has 6 nitrogen and oxygen atoms in total. The Bertz CT molecular complexity index is 897. The van der Waals surface area contributed by atoms with Crippen molar-refractivity contribution in [1.82, 2.24) is 25.1 Å². The van der Waals surface area contributed by atoms with Crippen LogP contribution in [0.25, 0.3) is 5.69 Å². The topological polar surface area (TPSA) is 57.5 Å². The van der Waals surface area contributed by atoms with Crippen LogP contribution in [-0.2, 0) is 6.54 Å². The number of benzene rings is 1. The molecule has 1 saturated heterocycles. The maximum absolute atomic E-state index is 4.44. The number of hydrogen-bond acceptors (Lipinski definition) is 4. The van der Waals surface area contributed by atoms with E-state index in [-0.39, 0.29) is 0 Å². The lowest BCUT2D eigenvalue weighted by atomic mass is 10.1. The first-order chi connectivity index (χ1) is 14.3. The molecule has 3 heterocycles. The largest absolute Gasteiger partial charge is 0.354 e. The van der Waals surface area contributed by atoms with E-state index >= 15 is 0 Å². The van der Waals surface area contributed by atoms with Gasteiger partial charge >= 0.3 is 0 Å². The number of hydrogen-bond donors (Lipinski definition) is 2. The first-order valence-corrected chi connectivity index (χ1v) is 11.0. The van der Waals surface area contributed by atoms with Crippen molar-refractivity contribution in [1.29, 1.82) is 0 Å². The number of imidazole rings is 1. The molecule has 0 amide bonds. The van der Waals surface area contributed by atoms with Crippen LogP contribution in [0.4, 0.5) is 0 Å². The lowest BCUT2D eigenvalue weighted by molar-refractivity contribution is 0.249. The fourth-order valence-corrected chi connectivity index (χ4v) is 4.71. The second-order valence-electron chi connectivity index (χ2n) is 7.18. The summed E-state index contributed by atoms with van der Waals surface area (Å²) in [5.74, 6) is 0.825. The summed E-state index contributed by atoms with van der Waals surface area (Å²) in [6, 6.07) is 13.1. The molecule has 2 N–H and O–H groups in total. The number of likely N-dealkylation sites (tertiary alicyclic amines) is 1. The zero-order chi connectivity index (χ0) is 19.9. The number of thiophene rings is 1. The van der Waals surface area contributed by atoms with Gasteiger partial charge in [-0.2, -0.15) is 0 Å². The zero-order valence-electron chi connectivity index (χ0n) is 16.8. The molecular formula is C22H28N6S. The lowest BCUT2D eigenvalue weighted by Crippen LogP contribution is -2.42. The predicted octanol–water partition coefficient (Wildman–Crippen LogP) is 3.44. The van der Waals surface area contributed by atoms with E-state index in [2.05, 4.69) is 61.2 Å². The van der Waals surface area contributed by atoms with E-state index in [1.165, 1.54) is 36.4 Å². The molecule has 0 aliphatic carbocycles. The Morgan fingerprint density at radius 2 is 2.03 bits per heavy atom.